The Morgan fingerprint density at radius 1 is 1.05 bits per heavy atom. The number of amides is 2. The average molecular weight is 296 g/mol. The molecule has 1 aromatic rings. The van der Waals surface area contributed by atoms with Gasteiger partial charge in [0, 0.05) is 5.69 Å². The molecule has 22 heavy (non-hydrogen) atoms. The Morgan fingerprint density at radius 2 is 1.68 bits per heavy atom. The fraction of sp³-hybridized carbons (Fsp3) is 0.444. The summed E-state index contributed by atoms with van der Waals surface area (Å²) < 4.78 is 0. The molecule has 0 unspecified atom stereocenters. The monoisotopic (exact) mass is 296 g/mol. The minimum absolute atomic E-state index is 0.00295. The van der Waals surface area contributed by atoms with Gasteiger partial charge in [-0.3, -0.25) is 14.5 Å². The van der Waals surface area contributed by atoms with Gasteiger partial charge in [-0.2, -0.15) is 0 Å². The second-order valence-corrected chi connectivity index (χ2v) is 6.74. The molecule has 0 spiro atoms. The normalized spacial score (nSPS) is 32.0. The third-order valence-corrected chi connectivity index (χ3v) is 5.51. The summed E-state index contributed by atoms with van der Waals surface area (Å²) in [6.07, 6.45) is 5.22. The predicted molar refractivity (Wildman–Crippen MR) is 84.0 cm³/mol. The molecule has 4 heteroatoms. The average Bonchev–Trinajstić information content (AvgIpc) is 3.16. The first-order valence-corrected chi connectivity index (χ1v) is 7.91. The summed E-state index contributed by atoms with van der Waals surface area (Å²) in [6, 6.07) is 6.08. The zero-order chi connectivity index (χ0) is 15.4. The first kappa shape index (κ1) is 13.6. The highest BCUT2D eigenvalue weighted by molar-refractivity contribution is 6.06. The summed E-state index contributed by atoms with van der Waals surface area (Å²) in [5.74, 6) is 0.343. The molecular formula is C18H20N2O2. The van der Waals surface area contributed by atoms with Crippen LogP contribution in [0.3, 0.4) is 0 Å². The van der Waals surface area contributed by atoms with Gasteiger partial charge in [-0.15, -0.1) is 0 Å². The number of imide groups is 1. The van der Waals surface area contributed by atoms with Crippen LogP contribution in [0.4, 0.5) is 5.69 Å². The molecule has 2 bridgehead atoms. The van der Waals surface area contributed by atoms with E-state index in [1.165, 1.54) is 16.0 Å². The second kappa shape index (κ2) is 4.70. The molecule has 4 atom stereocenters. The molecule has 4 rings (SSSR count). The lowest BCUT2D eigenvalue weighted by molar-refractivity contribution is -0.140. The Hall–Kier alpha value is -2.10. The Morgan fingerprint density at radius 3 is 2.27 bits per heavy atom. The number of hydrogen-bond acceptors (Lipinski definition) is 3. The van der Waals surface area contributed by atoms with E-state index in [9.17, 15) is 9.59 Å². The number of nitrogens with one attached hydrogen (secondary N) is 1. The maximum absolute atomic E-state index is 12.6. The van der Waals surface area contributed by atoms with Gasteiger partial charge in [0.25, 0.3) is 0 Å². The highest BCUT2D eigenvalue weighted by atomic mass is 16.2. The van der Waals surface area contributed by atoms with Crippen molar-refractivity contribution in [2.24, 2.45) is 23.7 Å². The molecule has 3 aliphatic rings. The van der Waals surface area contributed by atoms with Gasteiger partial charge in [0.05, 0.1) is 18.5 Å². The van der Waals surface area contributed by atoms with E-state index in [0.29, 0.717) is 0 Å². The van der Waals surface area contributed by atoms with Crippen molar-refractivity contribution in [3.63, 3.8) is 0 Å². The number of allylic oxidation sites excluding steroid dienone is 2. The predicted octanol–water partition coefficient (Wildman–Crippen LogP) is 2.48. The van der Waals surface area contributed by atoms with E-state index in [4.69, 9.17) is 0 Å². The molecule has 0 radical (unpaired) electrons. The van der Waals surface area contributed by atoms with Gasteiger partial charge in [-0.05, 0) is 55.4 Å². The lowest BCUT2D eigenvalue weighted by atomic mass is 9.85. The van der Waals surface area contributed by atoms with E-state index in [-0.39, 0.29) is 42.2 Å². The van der Waals surface area contributed by atoms with E-state index < -0.39 is 0 Å². The number of fused-ring (bicyclic) bond motifs is 5. The van der Waals surface area contributed by atoms with Crippen LogP contribution in [-0.4, -0.2) is 23.4 Å². The third kappa shape index (κ3) is 1.83. The Labute approximate surface area is 130 Å². The van der Waals surface area contributed by atoms with Gasteiger partial charge in [0.1, 0.15) is 0 Å². The molecule has 1 N–H and O–H groups in total. The molecule has 1 saturated heterocycles. The molecule has 2 aliphatic carbocycles. The highest BCUT2D eigenvalue weighted by Crippen LogP contribution is 2.52. The zero-order valence-electron chi connectivity index (χ0n) is 12.9. The number of benzene rings is 1. The molecule has 114 valence electrons. The minimum atomic E-state index is -0.107. The quantitative estimate of drug-likeness (QED) is 0.688. The van der Waals surface area contributed by atoms with Crippen LogP contribution in [0.5, 0.6) is 0 Å². The van der Waals surface area contributed by atoms with Crippen LogP contribution in [0.25, 0.3) is 0 Å². The lowest BCUT2D eigenvalue weighted by Crippen LogP contribution is -2.37. The summed E-state index contributed by atoms with van der Waals surface area (Å²) in [5.41, 5.74) is 3.38. The van der Waals surface area contributed by atoms with Crippen LogP contribution >= 0.6 is 0 Å². The van der Waals surface area contributed by atoms with E-state index in [1.807, 2.05) is 18.2 Å². The Kier molecular flexibility index (Phi) is 2.90. The molecule has 1 saturated carbocycles. The molecule has 1 aliphatic heterocycles. The topological polar surface area (TPSA) is 49.4 Å². The molecule has 0 aromatic heterocycles. The van der Waals surface area contributed by atoms with E-state index >= 15 is 0 Å². The van der Waals surface area contributed by atoms with Crippen LogP contribution in [0.2, 0.25) is 0 Å². The first-order chi connectivity index (χ1) is 10.6. The summed E-state index contributed by atoms with van der Waals surface area (Å²) in [7, 11) is 0. The fourth-order valence-electron chi connectivity index (χ4n) is 4.14. The van der Waals surface area contributed by atoms with Crippen molar-refractivity contribution in [2.45, 2.75) is 20.3 Å². The molecule has 4 nitrogen and oxygen atoms in total. The summed E-state index contributed by atoms with van der Waals surface area (Å²) in [5, 5.41) is 3.22. The van der Waals surface area contributed by atoms with Crippen molar-refractivity contribution < 1.29 is 9.59 Å². The van der Waals surface area contributed by atoms with Gasteiger partial charge >= 0.3 is 0 Å². The standard InChI is InChI=1S/C18H20N2O2/c1-10-3-6-14(7-11(10)2)19-9-20-17(21)15-12-4-5-13(8-12)16(15)18(20)22/h3-7,12-13,15-16,19H,8-9H2,1-2H3/t12-,13+,15-,16-/m1/s1. The SMILES string of the molecule is Cc1ccc(NCN2C(=O)[C@H]3[C@H](C2=O)[C@H]2C=C[C@@H]3C2)cc1C. The molecular weight excluding hydrogens is 276 g/mol. The lowest BCUT2D eigenvalue weighted by Gasteiger charge is -2.18. The first-order valence-electron chi connectivity index (χ1n) is 7.91. The zero-order valence-corrected chi connectivity index (χ0v) is 12.9. The van der Waals surface area contributed by atoms with Gasteiger partial charge in [0.15, 0.2) is 0 Å². The number of nitrogens with zero attached hydrogens (tertiary/aromatic N) is 1. The maximum atomic E-state index is 12.6. The van der Waals surface area contributed by atoms with Crippen molar-refractivity contribution in [2.75, 3.05) is 12.0 Å². The van der Waals surface area contributed by atoms with Crippen molar-refractivity contribution in [1.82, 2.24) is 4.90 Å². The Bertz CT molecular complexity index is 664. The van der Waals surface area contributed by atoms with E-state index in [1.54, 1.807) is 0 Å². The molecule has 1 heterocycles. The number of aryl methyl sites for hydroxylation is 2. The van der Waals surface area contributed by atoms with Crippen LogP contribution < -0.4 is 5.32 Å². The van der Waals surface area contributed by atoms with E-state index in [2.05, 4.69) is 31.3 Å². The smallest absolute Gasteiger partial charge is 0.235 e. The van der Waals surface area contributed by atoms with Crippen molar-refractivity contribution in [3.8, 4) is 0 Å². The number of carbonyl (C=O) groups is 2. The summed E-state index contributed by atoms with van der Waals surface area (Å²) >= 11 is 0. The minimum Gasteiger partial charge on any atom is -0.367 e. The largest absolute Gasteiger partial charge is 0.367 e. The van der Waals surface area contributed by atoms with Crippen molar-refractivity contribution >= 4 is 17.5 Å². The maximum Gasteiger partial charge on any atom is 0.235 e. The van der Waals surface area contributed by atoms with Crippen molar-refractivity contribution in [3.05, 3.63) is 41.5 Å². The number of carbonyl (C=O) groups excluding carboxylic acids is 2. The Balaban J connectivity index is 1.49. The second-order valence-electron chi connectivity index (χ2n) is 6.74. The highest BCUT2D eigenvalue weighted by Gasteiger charge is 2.59. The van der Waals surface area contributed by atoms with Crippen LogP contribution in [-0.2, 0) is 9.59 Å². The van der Waals surface area contributed by atoms with Gasteiger partial charge in [-0.1, -0.05) is 18.2 Å². The van der Waals surface area contributed by atoms with Crippen LogP contribution in [0.15, 0.2) is 30.4 Å². The van der Waals surface area contributed by atoms with Gasteiger partial charge in [-0.25, -0.2) is 0 Å². The van der Waals surface area contributed by atoms with E-state index in [0.717, 1.165) is 12.1 Å². The van der Waals surface area contributed by atoms with Crippen LogP contribution in [0.1, 0.15) is 17.5 Å². The molecule has 2 fully saturated rings. The molecule has 2 amide bonds. The summed E-state index contributed by atoms with van der Waals surface area (Å²) in [6.45, 7) is 4.39. The third-order valence-electron chi connectivity index (χ3n) is 5.51. The van der Waals surface area contributed by atoms with Crippen molar-refractivity contribution in [1.29, 1.82) is 0 Å². The van der Waals surface area contributed by atoms with Gasteiger partial charge in [0.2, 0.25) is 11.8 Å². The number of anilines is 1. The number of likely N-dealkylation sites (tertiary alicyclic amines) is 1. The molecule has 1 aromatic carbocycles. The number of rotatable bonds is 3. The summed E-state index contributed by atoms with van der Waals surface area (Å²) in [4.78, 5) is 26.5. The number of hydrogen-bond donors (Lipinski definition) is 1. The van der Waals surface area contributed by atoms with Gasteiger partial charge < -0.3 is 5.32 Å². The fourth-order valence-corrected chi connectivity index (χ4v) is 4.14. The van der Waals surface area contributed by atoms with Crippen LogP contribution in [0, 0.1) is 37.5 Å².